The van der Waals surface area contributed by atoms with Crippen LogP contribution in [0.25, 0.3) is 10.2 Å². The first-order valence-electron chi connectivity index (χ1n) is 6.66. The Kier molecular flexibility index (Phi) is 3.90. The number of benzene rings is 2. The van der Waals surface area contributed by atoms with E-state index in [0.717, 1.165) is 32.5 Å². The number of thiazole rings is 1. The molecule has 0 saturated carbocycles. The maximum atomic E-state index is 5.99. The largest absolute Gasteiger partial charge is 0.332 e. The molecule has 0 amide bonds. The summed E-state index contributed by atoms with van der Waals surface area (Å²) in [6.45, 7) is 2.19. The predicted molar refractivity (Wildman–Crippen MR) is 88.3 cm³/mol. The zero-order valence-corrected chi connectivity index (χ0v) is 12.8. The third kappa shape index (κ3) is 2.94. The highest BCUT2D eigenvalue weighted by atomic mass is 35.5. The van der Waals surface area contributed by atoms with E-state index in [1.54, 1.807) is 11.3 Å². The second-order valence-corrected chi connectivity index (χ2v) is 6.17. The number of fused-ring (bicyclic) bond motifs is 1. The summed E-state index contributed by atoms with van der Waals surface area (Å²) >= 11 is 7.61. The van der Waals surface area contributed by atoms with E-state index in [0.29, 0.717) is 0 Å². The van der Waals surface area contributed by atoms with E-state index in [4.69, 9.17) is 11.6 Å². The molecular weight excluding hydrogens is 288 g/mol. The van der Waals surface area contributed by atoms with E-state index >= 15 is 0 Å². The van der Waals surface area contributed by atoms with Crippen molar-refractivity contribution in [2.24, 2.45) is 0 Å². The van der Waals surface area contributed by atoms with Gasteiger partial charge in [-0.15, -0.1) is 0 Å². The van der Waals surface area contributed by atoms with Crippen LogP contribution in [0.5, 0.6) is 0 Å². The molecule has 4 heteroatoms. The normalized spacial score (nSPS) is 10.9. The fourth-order valence-corrected chi connectivity index (χ4v) is 3.28. The molecule has 0 aliphatic heterocycles. The molecule has 0 unspecified atom stereocenters. The van der Waals surface area contributed by atoms with Crippen molar-refractivity contribution >= 4 is 44.0 Å². The molecule has 1 N–H and O–H groups in total. The molecule has 102 valence electrons. The van der Waals surface area contributed by atoms with E-state index in [1.807, 2.05) is 18.2 Å². The molecule has 0 aliphatic rings. The van der Waals surface area contributed by atoms with Crippen molar-refractivity contribution in [2.75, 3.05) is 5.32 Å². The van der Waals surface area contributed by atoms with Gasteiger partial charge in [0.2, 0.25) is 0 Å². The average molecular weight is 303 g/mol. The van der Waals surface area contributed by atoms with Crippen LogP contribution in [0.4, 0.5) is 10.8 Å². The summed E-state index contributed by atoms with van der Waals surface area (Å²) in [7, 11) is 0. The first-order chi connectivity index (χ1) is 9.74. The summed E-state index contributed by atoms with van der Waals surface area (Å²) in [5.74, 6) is 0. The zero-order valence-electron chi connectivity index (χ0n) is 11.2. The van der Waals surface area contributed by atoms with Gasteiger partial charge in [-0.1, -0.05) is 48.4 Å². The quantitative estimate of drug-likeness (QED) is 0.674. The van der Waals surface area contributed by atoms with Crippen LogP contribution in [0.3, 0.4) is 0 Å². The Bertz CT molecular complexity index is 719. The molecule has 0 radical (unpaired) electrons. The number of halogens is 1. The highest BCUT2D eigenvalue weighted by Gasteiger charge is 2.04. The predicted octanol–water partition coefficient (Wildman–Crippen LogP) is 5.65. The molecule has 2 aromatic carbocycles. The van der Waals surface area contributed by atoms with Gasteiger partial charge in [-0.3, -0.25) is 0 Å². The maximum absolute atomic E-state index is 5.99. The average Bonchev–Trinajstić information content (AvgIpc) is 2.82. The van der Waals surface area contributed by atoms with Gasteiger partial charge in [0.15, 0.2) is 5.13 Å². The summed E-state index contributed by atoms with van der Waals surface area (Å²) in [6.07, 6.45) is 2.30. The summed E-state index contributed by atoms with van der Waals surface area (Å²) in [5, 5.41) is 4.99. The maximum Gasteiger partial charge on any atom is 0.188 e. The molecule has 1 heterocycles. The number of rotatable bonds is 4. The summed E-state index contributed by atoms with van der Waals surface area (Å²) < 4.78 is 1.10. The van der Waals surface area contributed by atoms with Crippen molar-refractivity contribution in [3.63, 3.8) is 0 Å². The van der Waals surface area contributed by atoms with Crippen molar-refractivity contribution in [3.8, 4) is 0 Å². The Balaban J connectivity index is 1.81. The number of aryl methyl sites for hydroxylation is 1. The lowest BCUT2D eigenvalue weighted by Gasteiger charge is -2.03. The molecule has 0 spiro atoms. The lowest BCUT2D eigenvalue weighted by atomic mass is 10.1. The second-order valence-electron chi connectivity index (χ2n) is 4.70. The number of anilines is 2. The molecular formula is C16H15ClN2S. The Morgan fingerprint density at radius 1 is 1.15 bits per heavy atom. The fraction of sp³-hybridized carbons (Fsp3) is 0.188. The van der Waals surface area contributed by atoms with Crippen LogP contribution in [0.15, 0.2) is 42.5 Å². The van der Waals surface area contributed by atoms with Crippen molar-refractivity contribution in [3.05, 3.63) is 53.1 Å². The van der Waals surface area contributed by atoms with Gasteiger partial charge in [0.1, 0.15) is 0 Å². The minimum atomic E-state index is 0.747. The van der Waals surface area contributed by atoms with Gasteiger partial charge in [-0.2, -0.15) is 0 Å². The van der Waals surface area contributed by atoms with Gasteiger partial charge >= 0.3 is 0 Å². The number of hydrogen-bond acceptors (Lipinski definition) is 3. The Morgan fingerprint density at radius 3 is 2.70 bits per heavy atom. The Morgan fingerprint density at radius 2 is 1.95 bits per heavy atom. The Labute approximate surface area is 127 Å². The lowest BCUT2D eigenvalue weighted by Crippen LogP contribution is -1.90. The van der Waals surface area contributed by atoms with Crippen molar-refractivity contribution in [1.29, 1.82) is 0 Å². The van der Waals surface area contributed by atoms with Gasteiger partial charge in [0.05, 0.1) is 10.2 Å². The van der Waals surface area contributed by atoms with Crippen LogP contribution in [0, 0.1) is 0 Å². The van der Waals surface area contributed by atoms with Crippen LogP contribution >= 0.6 is 22.9 Å². The molecule has 1 aromatic heterocycles. The van der Waals surface area contributed by atoms with Crippen molar-refractivity contribution in [1.82, 2.24) is 4.98 Å². The molecule has 20 heavy (non-hydrogen) atoms. The highest BCUT2D eigenvalue weighted by Crippen LogP contribution is 2.30. The zero-order chi connectivity index (χ0) is 13.9. The smallest absolute Gasteiger partial charge is 0.188 e. The number of aromatic nitrogens is 1. The number of hydrogen-bond donors (Lipinski definition) is 1. The third-order valence-electron chi connectivity index (χ3n) is 3.09. The third-order valence-corrected chi connectivity index (χ3v) is 4.26. The van der Waals surface area contributed by atoms with Crippen LogP contribution in [0.2, 0.25) is 5.02 Å². The van der Waals surface area contributed by atoms with Crippen LogP contribution in [-0.2, 0) is 6.42 Å². The second kappa shape index (κ2) is 5.81. The van der Waals surface area contributed by atoms with E-state index < -0.39 is 0 Å². The molecule has 0 saturated heterocycles. The van der Waals surface area contributed by atoms with E-state index in [2.05, 4.69) is 41.5 Å². The summed E-state index contributed by atoms with van der Waals surface area (Å²) in [5.41, 5.74) is 3.41. The minimum absolute atomic E-state index is 0.747. The van der Waals surface area contributed by atoms with Gasteiger partial charge in [0.25, 0.3) is 0 Å². The summed E-state index contributed by atoms with van der Waals surface area (Å²) in [6, 6.07) is 14.3. The molecule has 3 aromatic rings. The highest BCUT2D eigenvalue weighted by molar-refractivity contribution is 7.22. The molecule has 0 fully saturated rings. The first-order valence-corrected chi connectivity index (χ1v) is 7.86. The van der Waals surface area contributed by atoms with E-state index in [9.17, 15) is 0 Å². The van der Waals surface area contributed by atoms with E-state index in [1.165, 1.54) is 12.0 Å². The molecule has 3 rings (SSSR count). The molecule has 0 aliphatic carbocycles. The van der Waals surface area contributed by atoms with Gasteiger partial charge in [-0.25, -0.2) is 4.98 Å². The van der Waals surface area contributed by atoms with Crippen molar-refractivity contribution in [2.45, 2.75) is 19.8 Å². The van der Waals surface area contributed by atoms with Gasteiger partial charge < -0.3 is 5.32 Å². The van der Waals surface area contributed by atoms with Crippen molar-refractivity contribution < 1.29 is 0 Å². The van der Waals surface area contributed by atoms with Crippen LogP contribution in [-0.4, -0.2) is 4.98 Å². The summed E-state index contributed by atoms with van der Waals surface area (Å²) in [4.78, 5) is 4.56. The van der Waals surface area contributed by atoms with Gasteiger partial charge in [-0.05, 0) is 42.3 Å². The SMILES string of the molecule is CCCc1ccc(Nc2nc3ccc(Cl)cc3s2)cc1. The fourth-order valence-electron chi connectivity index (χ4n) is 2.12. The number of nitrogens with one attached hydrogen (secondary N) is 1. The van der Waals surface area contributed by atoms with Gasteiger partial charge in [0, 0.05) is 10.7 Å². The monoisotopic (exact) mass is 302 g/mol. The first kappa shape index (κ1) is 13.4. The molecule has 0 atom stereocenters. The number of nitrogens with zero attached hydrogens (tertiary/aromatic N) is 1. The lowest BCUT2D eigenvalue weighted by molar-refractivity contribution is 0.922. The Hall–Kier alpha value is -1.58. The standard InChI is InChI=1S/C16H15ClN2S/c1-2-3-11-4-7-13(8-5-11)18-16-19-14-9-6-12(17)10-15(14)20-16/h4-10H,2-3H2,1H3,(H,18,19). The van der Waals surface area contributed by atoms with Crippen LogP contribution in [0.1, 0.15) is 18.9 Å². The van der Waals surface area contributed by atoms with E-state index in [-0.39, 0.29) is 0 Å². The minimum Gasteiger partial charge on any atom is -0.332 e. The molecule has 0 bridgehead atoms. The topological polar surface area (TPSA) is 24.9 Å². The molecule has 2 nitrogen and oxygen atoms in total. The van der Waals surface area contributed by atoms with Crippen LogP contribution < -0.4 is 5.32 Å².